The van der Waals surface area contributed by atoms with E-state index in [1.807, 2.05) is 25.2 Å². The first-order valence-electron chi connectivity index (χ1n) is 8.95. The third-order valence-electron chi connectivity index (χ3n) is 4.57. The molecule has 1 aliphatic heterocycles. The molecular formula is C19H26ClN5S. The van der Waals surface area contributed by atoms with Crippen LogP contribution < -0.4 is 15.5 Å². The number of hydrogen-bond donors (Lipinski definition) is 2. The first-order valence-corrected chi connectivity index (χ1v) is 10.1. The zero-order chi connectivity index (χ0) is 18.5. The molecule has 0 bridgehead atoms. The van der Waals surface area contributed by atoms with Crippen molar-refractivity contribution in [2.45, 2.75) is 32.7 Å². The average molecular weight is 392 g/mol. The Hall–Kier alpha value is -1.79. The minimum atomic E-state index is 0.382. The molecule has 0 radical (unpaired) electrons. The Balaban J connectivity index is 1.47. The quantitative estimate of drug-likeness (QED) is 0.605. The maximum atomic E-state index is 6.11. The van der Waals surface area contributed by atoms with E-state index >= 15 is 0 Å². The second-order valence-corrected chi connectivity index (χ2v) is 8.27. The van der Waals surface area contributed by atoms with Crippen LogP contribution in [0.15, 0.2) is 29.3 Å². The number of halogens is 1. The van der Waals surface area contributed by atoms with Gasteiger partial charge in [0.05, 0.1) is 10.7 Å². The lowest BCUT2D eigenvalue weighted by Crippen LogP contribution is -2.45. The number of benzene rings is 1. The van der Waals surface area contributed by atoms with E-state index in [4.69, 9.17) is 11.6 Å². The summed E-state index contributed by atoms with van der Waals surface area (Å²) in [7, 11) is 1.82. The fourth-order valence-corrected chi connectivity index (χ4v) is 4.39. The highest BCUT2D eigenvalue weighted by Crippen LogP contribution is 2.23. The van der Waals surface area contributed by atoms with Crippen LogP contribution >= 0.6 is 22.9 Å². The number of nitrogens with one attached hydrogen (secondary N) is 2. The second-order valence-electron chi connectivity index (χ2n) is 6.55. The lowest BCUT2D eigenvalue weighted by molar-refractivity contribution is 0.648. The number of guanidine groups is 1. The Bertz CT molecular complexity index is 773. The number of thiazole rings is 1. The zero-order valence-corrected chi connectivity index (χ0v) is 17.1. The van der Waals surface area contributed by atoms with Gasteiger partial charge in [-0.05, 0) is 38.5 Å². The van der Waals surface area contributed by atoms with E-state index < -0.39 is 0 Å². The molecule has 1 saturated heterocycles. The molecule has 1 aromatic heterocycles. The Morgan fingerprint density at radius 3 is 2.96 bits per heavy atom. The van der Waals surface area contributed by atoms with Gasteiger partial charge in [-0.25, -0.2) is 4.98 Å². The van der Waals surface area contributed by atoms with Crippen molar-refractivity contribution in [2.24, 2.45) is 4.99 Å². The van der Waals surface area contributed by atoms with Crippen LogP contribution in [-0.4, -0.2) is 43.7 Å². The van der Waals surface area contributed by atoms with E-state index in [9.17, 15) is 0 Å². The monoisotopic (exact) mass is 391 g/mol. The van der Waals surface area contributed by atoms with E-state index in [1.165, 1.54) is 10.6 Å². The van der Waals surface area contributed by atoms with E-state index in [0.717, 1.165) is 54.2 Å². The van der Waals surface area contributed by atoms with Crippen molar-refractivity contribution >= 4 is 34.6 Å². The summed E-state index contributed by atoms with van der Waals surface area (Å²) in [4.78, 5) is 12.6. The Labute approximate surface area is 164 Å². The molecule has 2 heterocycles. The number of aryl methyl sites for hydroxylation is 2. The molecule has 26 heavy (non-hydrogen) atoms. The van der Waals surface area contributed by atoms with Crippen molar-refractivity contribution < 1.29 is 0 Å². The van der Waals surface area contributed by atoms with Crippen molar-refractivity contribution in [1.29, 1.82) is 0 Å². The number of anilines is 1. The van der Waals surface area contributed by atoms with Crippen molar-refractivity contribution in [2.75, 3.05) is 31.6 Å². The topological polar surface area (TPSA) is 52.6 Å². The van der Waals surface area contributed by atoms with Crippen LogP contribution in [0.1, 0.15) is 22.0 Å². The first kappa shape index (κ1) is 19.0. The van der Waals surface area contributed by atoms with Crippen molar-refractivity contribution in [3.05, 3.63) is 44.9 Å². The van der Waals surface area contributed by atoms with Crippen LogP contribution in [0.3, 0.4) is 0 Å². The highest BCUT2D eigenvalue weighted by atomic mass is 35.5. The molecule has 3 rings (SSSR count). The van der Waals surface area contributed by atoms with Gasteiger partial charge in [0, 0.05) is 54.7 Å². The fourth-order valence-electron chi connectivity index (χ4n) is 3.27. The van der Waals surface area contributed by atoms with Crippen molar-refractivity contribution in [3.8, 4) is 0 Å². The van der Waals surface area contributed by atoms with Gasteiger partial charge in [0.25, 0.3) is 0 Å². The molecular weight excluding hydrogens is 366 g/mol. The third kappa shape index (κ3) is 4.89. The Morgan fingerprint density at radius 1 is 1.42 bits per heavy atom. The van der Waals surface area contributed by atoms with Gasteiger partial charge < -0.3 is 15.5 Å². The number of nitrogens with zero attached hydrogens (tertiary/aromatic N) is 3. The maximum Gasteiger partial charge on any atom is 0.191 e. The lowest BCUT2D eigenvalue weighted by atomic mass is 10.2. The van der Waals surface area contributed by atoms with Crippen molar-refractivity contribution in [1.82, 2.24) is 15.6 Å². The smallest absolute Gasteiger partial charge is 0.191 e. The van der Waals surface area contributed by atoms with Gasteiger partial charge >= 0.3 is 0 Å². The molecule has 1 fully saturated rings. The number of hydrogen-bond acceptors (Lipinski definition) is 4. The van der Waals surface area contributed by atoms with E-state index in [0.29, 0.717) is 6.04 Å². The minimum Gasteiger partial charge on any atom is -0.369 e. The lowest BCUT2D eigenvalue weighted by Gasteiger charge is -2.20. The highest BCUT2D eigenvalue weighted by molar-refractivity contribution is 7.11. The fraction of sp³-hybridized carbons (Fsp3) is 0.474. The molecule has 1 atom stereocenters. The predicted molar refractivity (Wildman–Crippen MR) is 112 cm³/mol. The molecule has 1 aliphatic rings. The van der Waals surface area contributed by atoms with Gasteiger partial charge in [-0.1, -0.05) is 17.7 Å². The average Bonchev–Trinajstić information content (AvgIpc) is 3.20. The van der Waals surface area contributed by atoms with Gasteiger partial charge in [0.15, 0.2) is 5.96 Å². The third-order valence-corrected chi connectivity index (χ3v) is 5.94. The number of rotatable bonds is 5. The van der Waals surface area contributed by atoms with Crippen molar-refractivity contribution in [3.63, 3.8) is 0 Å². The summed E-state index contributed by atoms with van der Waals surface area (Å²) in [5.74, 6) is 0.863. The normalized spacial score (nSPS) is 17.6. The minimum absolute atomic E-state index is 0.382. The molecule has 2 N–H and O–H groups in total. The summed E-state index contributed by atoms with van der Waals surface area (Å²) in [6.45, 7) is 6.96. The van der Waals surface area contributed by atoms with Crippen LogP contribution in [0, 0.1) is 13.8 Å². The second kappa shape index (κ2) is 8.73. The molecule has 0 saturated carbocycles. The van der Waals surface area contributed by atoms with Crippen LogP contribution in [-0.2, 0) is 6.42 Å². The number of aromatic nitrogens is 1. The van der Waals surface area contributed by atoms with Gasteiger partial charge in [-0.15, -0.1) is 11.3 Å². The van der Waals surface area contributed by atoms with Gasteiger partial charge in [-0.3, -0.25) is 4.99 Å². The van der Waals surface area contributed by atoms with E-state index in [2.05, 4.69) is 45.4 Å². The summed E-state index contributed by atoms with van der Waals surface area (Å²) in [5, 5.41) is 8.88. The molecule has 7 heteroatoms. The molecule has 0 aliphatic carbocycles. The van der Waals surface area contributed by atoms with Crippen LogP contribution in [0.2, 0.25) is 5.02 Å². The van der Waals surface area contributed by atoms with E-state index in [-0.39, 0.29) is 0 Å². The highest BCUT2D eigenvalue weighted by Gasteiger charge is 2.23. The maximum absolute atomic E-state index is 6.11. The molecule has 2 aromatic rings. The largest absolute Gasteiger partial charge is 0.369 e. The molecule has 0 amide bonds. The van der Waals surface area contributed by atoms with Crippen LogP contribution in [0.25, 0.3) is 0 Å². The van der Waals surface area contributed by atoms with Crippen LogP contribution in [0.4, 0.5) is 5.69 Å². The molecule has 0 spiro atoms. The van der Waals surface area contributed by atoms with E-state index in [1.54, 1.807) is 11.3 Å². The van der Waals surface area contributed by atoms with Gasteiger partial charge in [0.2, 0.25) is 0 Å². The predicted octanol–water partition coefficient (Wildman–Crippen LogP) is 3.40. The number of aliphatic imine (C=N–C) groups is 1. The standard InChI is InChI=1S/C19H26ClN5S/c1-13-18(26-14(2)23-13)7-9-22-19(21-3)24-16-8-10-25(12-16)17-6-4-5-15(20)11-17/h4-6,11,16H,7-10,12H2,1-3H3,(H2,21,22,24). The molecule has 140 valence electrons. The summed E-state index contributed by atoms with van der Waals surface area (Å²) < 4.78 is 0. The van der Waals surface area contributed by atoms with Gasteiger partial charge in [-0.2, -0.15) is 0 Å². The Morgan fingerprint density at radius 2 is 2.27 bits per heavy atom. The summed E-state index contributed by atoms with van der Waals surface area (Å²) in [6, 6.07) is 8.43. The molecule has 5 nitrogen and oxygen atoms in total. The molecule has 1 unspecified atom stereocenters. The first-order chi connectivity index (χ1) is 12.5. The Kier molecular flexibility index (Phi) is 6.38. The zero-order valence-electron chi connectivity index (χ0n) is 15.6. The summed E-state index contributed by atoms with van der Waals surface area (Å²) in [6.07, 6.45) is 2.05. The molecule has 1 aromatic carbocycles. The SMILES string of the molecule is CN=C(NCCc1sc(C)nc1C)NC1CCN(c2cccc(Cl)c2)C1. The summed E-state index contributed by atoms with van der Waals surface area (Å²) >= 11 is 7.89. The van der Waals surface area contributed by atoms with Gasteiger partial charge in [0.1, 0.15) is 0 Å². The summed E-state index contributed by atoms with van der Waals surface area (Å²) in [5.41, 5.74) is 2.32. The van der Waals surface area contributed by atoms with Crippen LogP contribution in [0.5, 0.6) is 0 Å².